The quantitative estimate of drug-likeness (QED) is 0.253. The Hall–Kier alpha value is -3.90. The summed E-state index contributed by atoms with van der Waals surface area (Å²) in [5.74, 6) is -1.61. The smallest absolute Gasteiger partial charge is 0.295 e. The molecule has 5 rings (SSSR count). The summed E-state index contributed by atoms with van der Waals surface area (Å²) in [5.41, 5.74) is 3.33. The number of benzene rings is 2. The van der Waals surface area contributed by atoms with E-state index in [0.717, 1.165) is 5.56 Å². The molecule has 0 saturated carbocycles. The first-order valence-corrected chi connectivity index (χ1v) is 11.4. The molecule has 1 aliphatic rings. The number of Topliss-reactive ketones (excluding diaryl/α,β-unsaturated/α-hetero) is 1. The predicted molar refractivity (Wildman–Crippen MR) is 131 cm³/mol. The average molecular weight is 472 g/mol. The van der Waals surface area contributed by atoms with E-state index in [4.69, 9.17) is 11.6 Å². The second kappa shape index (κ2) is 8.80. The lowest BCUT2D eigenvalue weighted by Gasteiger charge is -2.25. The molecule has 34 heavy (non-hydrogen) atoms. The number of hydrogen-bond donors (Lipinski definition) is 1. The summed E-state index contributed by atoms with van der Waals surface area (Å²) < 4.78 is 1.72. The SMILES string of the molecule is Cc1nc2ccccn2c1/C(O)=C1\C(=O)C(=O)N(CCc2ccccc2)C1c1cccc(Cl)c1. The molecule has 2 aromatic carbocycles. The molecule has 1 unspecified atom stereocenters. The standard InChI is InChI=1S/C27H22ClN3O3/c1-17-23(30-14-6-5-12-21(30)29-17)25(32)22-24(19-10-7-11-20(28)16-19)31(27(34)26(22)33)15-13-18-8-3-2-4-9-18/h2-12,14,16,24,32H,13,15H2,1H3/b25-22+. The lowest BCUT2D eigenvalue weighted by molar-refractivity contribution is -0.139. The van der Waals surface area contributed by atoms with Crippen LogP contribution in [-0.2, 0) is 16.0 Å². The topological polar surface area (TPSA) is 74.9 Å². The average Bonchev–Trinajstić information content (AvgIpc) is 3.31. The largest absolute Gasteiger partial charge is 0.505 e. The molecule has 0 radical (unpaired) electrons. The maximum absolute atomic E-state index is 13.3. The number of nitrogens with zero attached hydrogens (tertiary/aromatic N) is 3. The molecule has 170 valence electrons. The molecule has 0 spiro atoms. The number of carbonyl (C=O) groups excluding carboxylic acids is 2. The number of imidazole rings is 1. The predicted octanol–water partition coefficient (Wildman–Crippen LogP) is 4.96. The molecule has 4 aromatic rings. The number of rotatable bonds is 5. The van der Waals surface area contributed by atoms with Crippen molar-refractivity contribution in [2.75, 3.05) is 6.54 Å². The second-order valence-corrected chi connectivity index (χ2v) is 8.69. The summed E-state index contributed by atoms with van der Waals surface area (Å²) >= 11 is 6.27. The van der Waals surface area contributed by atoms with Gasteiger partial charge in [-0.1, -0.05) is 60.1 Å². The molecular weight excluding hydrogens is 450 g/mol. The lowest BCUT2D eigenvalue weighted by atomic mass is 9.96. The van der Waals surface area contributed by atoms with Gasteiger partial charge in [0.2, 0.25) is 0 Å². The molecule has 1 aliphatic heterocycles. The van der Waals surface area contributed by atoms with Crippen molar-refractivity contribution in [2.45, 2.75) is 19.4 Å². The fourth-order valence-electron chi connectivity index (χ4n) is 4.55. The summed E-state index contributed by atoms with van der Waals surface area (Å²) in [5, 5.41) is 11.9. The molecule has 7 heteroatoms. The van der Waals surface area contributed by atoms with E-state index in [1.807, 2.05) is 54.6 Å². The highest BCUT2D eigenvalue weighted by atomic mass is 35.5. The number of ketones is 1. The van der Waals surface area contributed by atoms with Crippen LogP contribution in [0.1, 0.15) is 28.6 Å². The Balaban J connectivity index is 1.66. The molecule has 0 aliphatic carbocycles. The molecular formula is C27H22ClN3O3. The third-order valence-electron chi connectivity index (χ3n) is 6.12. The van der Waals surface area contributed by atoms with Gasteiger partial charge in [-0.15, -0.1) is 0 Å². The number of likely N-dealkylation sites (tertiary alicyclic amines) is 1. The highest BCUT2D eigenvalue weighted by Gasteiger charge is 2.46. The van der Waals surface area contributed by atoms with Crippen molar-refractivity contribution in [1.82, 2.24) is 14.3 Å². The van der Waals surface area contributed by atoms with Crippen LogP contribution in [0.5, 0.6) is 0 Å². The van der Waals surface area contributed by atoms with Gasteiger partial charge in [-0.2, -0.15) is 0 Å². The number of aromatic nitrogens is 2. The highest BCUT2D eigenvalue weighted by Crippen LogP contribution is 2.40. The number of hydrogen-bond acceptors (Lipinski definition) is 4. The number of halogens is 1. The Kier molecular flexibility index (Phi) is 5.67. The summed E-state index contributed by atoms with van der Waals surface area (Å²) in [7, 11) is 0. The fraction of sp³-hybridized carbons (Fsp3) is 0.148. The Bertz CT molecular complexity index is 1440. The number of carbonyl (C=O) groups is 2. The van der Waals surface area contributed by atoms with Crippen LogP contribution >= 0.6 is 11.6 Å². The minimum atomic E-state index is -0.768. The molecule has 1 N–H and O–H groups in total. The van der Waals surface area contributed by atoms with Gasteiger partial charge in [-0.05, 0) is 48.7 Å². The van der Waals surface area contributed by atoms with Gasteiger partial charge in [0, 0.05) is 17.8 Å². The van der Waals surface area contributed by atoms with E-state index in [1.165, 1.54) is 4.90 Å². The Labute approximate surface area is 201 Å². The van der Waals surface area contributed by atoms with Crippen LogP contribution in [0.15, 0.2) is 84.6 Å². The summed E-state index contributed by atoms with van der Waals surface area (Å²) in [6.07, 6.45) is 2.34. The number of amides is 1. The van der Waals surface area contributed by atoms with E-state index < -0.39 is 17.7 Å². The first-order chi connectivity index (χ1) is 16.5. The van der Waals surface area contributed by atoms with E-state index in [-0.39, 0.29) is 11.3 Å². The first kappa shape index (κ1) is 21.9. The van der Waals surface area contributed by atoms with Crippen molar-refractivity contribution in [3.63, 3.8) is 0 Å². The van der Waals surface area contributed by atoms with Gasteiger partial charge < -0.3 is 10.0 Å². The van der Waals surface area contributed by atoms with Crippen LogP contribution in [-0.4, -0.2) is 37.6 Å². The van der Waals surface area contributed by atoms with Gasteiger partial charge in [-0.3, -0.25) is 14.0 Å². The maximum atomic E-state index is 13.3. The van der Waals surface area contributed by atoms with Crippen molar-refractivity contribution >= 4 is 34.7 Å². The van der Waals surface area contributed by atoms with E-state index in [2.05, 4.69) is 4.98 Å². The summed E-state index contributed by atoms with van der Waals surface area (Å²) in [6.45, 7) is 2.08. The van der Waals surface area contributed by atoms with Gasteiger partial charge in [-0.25, -0.2) is 4.98 Å². The third-order valence-corrected chi connectivity index (χ3v) is 6.35. The van der Waals surface area contributed by atoms with Crippen LogP contribution in [0.25, 0.3) is 11.4 Å². The van der Waals surface area contributed by atoms with Gasteiger partial charge in [0.25, 0.3) is 11.7 Å². The minimum Gasteiger partial charge on any atom is -0.505 e. The van der Waals surface area contributed by atoms with Gasteiger partial charge >= 0.3 is 0 Å². The van der Waals surface area contributed by atoms with Crippen LogP contribution < -0.4 is 0 Å². The number of aliphatic hydroxyl groups is 1. The number of pyridine rings is 1. The molecule has 3 heterocycles. The molecule has 1 fully saturated rings. The fourth-order valence-corrected chi connectivity index (χ4v) is 4.75. The zero-order valence-corrected chi connectivity index (χ0v) is 19.2. The van der Waals surface area contributed by atoms with E-state index in [9.17, 15) is 14.7 Å². The van der Waals surface area contributed by atoms with Crippen molar-refractivity contribution in [3.05, 3.63) is 112 Å². The van der Waals surface area contributed by atoms with E-state index in [0.29, 0.717) is 40.6 Å². The van der Waals surface area contributed by atoms with E-state index in [1.54, 1.807) is 35.7 Å². The first-order valence-electron chi connectivity index (χ1n) is 11.0. The lowest BCUT2D eigenvalue weighted by Crippen LogP contribution is -2.31. The molecule has 0 bridgehead atoms. The number of fused-ring (bicyclic) bond motifs is 1. The monoisotopic (exact) mass is 471 g/mol. The summed E-state index contributed by atoms with van der Waals surface area (Å²) in [4.78, 5) is 32.5. The molecule has 1 amide bonds. The molecule has 1 saturated heterocycles. The van der Waals surface area contributed by atoms with Crippen LogP contribution in [0.4, 0.5) is 0 Å². The zero-order chi connectivity index (χ0) is 23.8. The zero-order valence-electron chi connectivity index (χ0n) is 18.5. The molecule has 2 aromatic heterocycles. The van der Waals surface area contributed by atoms with Crippen molar-refractivity contribution in [3.8, 4) is 0 Å². The van der Waals surface area contributed by atoms with Gasteiger partial charge in [0.05, 0.1) is 17.3 Å². The van der Waals surface area contributed by atoms with Crippen LogP contribution in [0, 0.1) is 6.92 Å². The maximum Gasteiger partial charge on any atom is 0.295 e. The normalized spacial score (nSPS) is 17.6. The second-order valence-electron chi connectivity index (χ2n) is 8.26. The Morgan fingerprint density at radius 3 is 2.56 bits per heavy atom. The molecule has 6 nitrogen and oxygen atoms in total. The Morgan fingerprint density at radius 1 is 1.03 bits per heavy atom. The van der Waals surface area contributed by atoms with Gasteiger partial charge in [0.15, 0.2) is 5.76 Å². The number of aliphatic hydroxyl groups excluding tert-OH is 1. The third kappa shape index (κ3) is 3.76. The van der Waals surface area contributed by atoms with Crippen molar-refractivity contribution in [1.29, 1.82) is 0 Å². The van der Waals surface area contributed by atoms with Crippen LogP contribution in [0.2, 0.25) is 5.02 Å². The molecule has 1 atom stereocenters. The minimum absolute atomic E-state index is 0.0362. The van der Waals surface area contributed by atoms with Crippen molar-refractivity contribution < 1.29 is 14.7 Å². The summed E-state index contributed by atoms with van der Waals surface area (Å²) in [6, 6.07) is 21.5. The highest BCUT2D eigenvalue weighted by molar-refractivity contribution is 6.46. The van der Waals surface area contributed by atoms with Gasteiger partial charge in [0.1, 0.15) is 11.3 Å². The number of aryl methyl sites for hydroxylation is 1. The van der Waals surface area contributed by atoms with Crippen molar-refractivity contribution in [2.24, 2.45) is 0 Å². The Morgan fingerprint density at radius 2 is 1.79 bits per heavy atom. The van der Waals surface area contributed by atoms with Crippen LogP contribution in [0.3, 0.4) is 0 Å². The van der Waals surface area contributed by atoms with E-state index >= 15 is 0 Å².